The molecule has 2 aromatic rings. The first-order chi connectivity index (χ1) is 11.6. The van der Waals surface area contributed by atoms with Crippen LogP contribution in [0.1, 0.15) is 37.7 Å². The molecule has 1 aromatic carbocycles. The third-order valence-electron chi connectivity index (χ3n) is 2.98. The molecule has 1 aromatic heterocycles. The van der Waals surface area contributed by atoms with Crippen LogP contribution < -0.4 is 5.14 Å². The van der Waals surface area contributed by atoms with Gasteiger partial charge < -0.3 is 9.84 Å². The van der Waals surface area contributed by atoms with Crippen molar-refractivity contribution >= 4 is 38.3 Å². The smallest absolute Gasteiger partial charge is 0.439 e. The minimum absolute atomic E-state index is 0.166. The highest BCUT2D eigenvalue weighted by Crippen LogP contribution is 2.39. The van der Waals surface area contributed by atoms with Gasteiger partial charge in [0.25, 0.3) is 5.78 Å². The molecule has 0 bridgehead atoms. The zero-order valence-electron chi connectivity index (χ0n) is 12.6. The number of hydrogen-bond acceptors (Lipinski definition) is 6. The van der Waals surface area contributed by atoms with Crippen molar-refractivity contribution in [2.75, 3.05) is 11.7 Å². The summed E-state index contributed by atoms with van der Waals surface area (Å²) in [6.45, 7) is 1.25. The molecule has 0 aliphatic rings. The predicted octanol–water partition coefficient (Wildman–Crippen LogP) is 3.44. The van der Waals surface area contributed by atoms with Crippen molar-refractivity contribution in [2.24, 2.45) is 0 Å². The molecule has 0 aliphatic carbocycles. The number of thiazole rings is 1. The molecule has 11 heteroatoms. The zero-order valence-corrected chi connectivity index (χ0v) is 15.0. The lowest BCUT2D eigenvalue weighted by Crippen LogP contribution is -2.14. The number of aromatic nitrogens is 1. The molecule has 1 heterocycles. The Morgan fingerprint density at radius 3 is 2.60 bits per heavy atom. The Morgan fingerprint density at radius 1 is 1.40 bits per heavy atom. The van der Waals surface area contributed by atoms with Gasteiger partial charge >= 0.3 is 22.0 Å². The number of nitrogen functional groups attached to an aromatic ring is 1. The number of aromatic hydroxyl groups is 1. The van der Waals surface area contributed by atoms with Crippen molar-refractivity contribution in [3.8, 4) is 5.75 Å². The van der Waals surface area contributed by atoms with E-state index in [1.54, 1.807) is 0 Å². The van der Waals surface area contributed by atoms with Crippen LogP contribution in [0.3, 0.4) is 0 Å². The summed E-state index contributed by atoms with van der Waals surface area (Å²) < 4.78 is 44.5. The van der Waals surface area contributed by atoms with Gasteiger partial charge in [-0.3, -0.25) is 4.79 Å². The Morgan fingerprint density at radius 2 is 2.04 bits per heavy atom. The van der Waals surface area contributed by atoms with Crippen LogP contribution in [0.2, 0.25) is 0 Å². The number of esters is 1. The van der Waals surface area contributed by atoms with Crippen LogP contribution in [0, 0.1) is 0 Å². The van der Waals surface area contributed by atoms with Crippen molar-refractivity contribution in [3.05, 3.63) is 43.8 Å². The molecule has 6 nitrogen and oxygen atoms in total. The summed E-state index contributed by atoms with van der Waals surface area (Å²) in [4.78, 5) is 26.7. The summed E-state index contributed by atoms with van der Waals surface area (Å²) in [5, 5.41) is 14.8. The second-order valence-corrected chi connectivity index (χ2v) is 7.03. The largest absolute Gasteiger partial charge is 0.507 e. The van der Waals surface area contributed by atoms with E-state index in [0.717, 1.165) is 0 Å². The fourth-order valence-electron chi connectivity index (χ4n) is 1.93. The Kier molecular flexibility index (Phi) is 5.49. The van der Waals surface area contributed by atoms with Crippen molar-refractivity contribution in [3.63, 3.8) is 0 Å². The number of phenolic OH excluding ortho intramolecular Hbond substituents is 1. The van der Waals surface area contributed by atoms with Gasteiger partial charge in [-0.25, -0.2) is 4.79 Å². The molecule has 0 radical (unpaired) electrons. The number of hydrogen-bond donors (Lipinski definition) is 2. The molecule has 25 heavy (non-hydrogen) atoms. The Labute approximate surface area is 150 Å². The molecule has 1 unspecified atom stereocenters. The van der Waals surface area contributed by atoms with E-state index in [9.17, 15) is 27.9 Å². The van der Waals surface area contributed by atoms with Crippen LogP contribution in [0.15, 0.2) is 22.7 Å². The number of nitrogens with two attached hydrogens (primary N) is 1. The van der Waals surface area contributed by atoms with Crippen LogP contribution in [-0.4, -0.2) is 28.4 Å². The van der Waals surface area contributed by atoms with E-state index in [0.29, 0.717) is 4.47 Å². The summed E-state index contributed by atoms with van der Waals surface area (Å²) in [6, 6.07) is 3.84. The molecule has 0 saturated heterocycles. The maximum atomic E-state index is 13.2. The topological polar surface area (TPSA) is 103 Å². The molecule has 134 valence electrons. The van der Waals surface area contributed by atoms with Gasteiger partial charge in [0.1, 0.15) is 16.4 Å². The Bertz CT molecular complexity index is 851. The fraction of sp³-hybridized carbons (Fsp3) is 0.214. The third-order valence-corrected chi connectivity index (χ3v) is 4.97. The van der Waals surface area contributed by atoms with E-state index in [2.05, 4.69) is 25.7 Å². The number of carbonyl (C=O) groups is 2. The van der Waals surface area contributed by atoms with Crippen molar-refractivity contribution in [1.82, 2.24) is 4.98 Å². The summed E-state index contributed by atoms with van der Waals surface area (Å²) in [7, 11) is -2.04. The molecular weight excluding hydrogens is 429 g/mol. The van der Waals surface area contributed by atoms with Crippen molar-refractivity contribution in [1.29, 1.82) is 0 Å². The number of alkyl halides is 3. The standard InChI is InChI=1S/C14H10BrF3N2O4S/c1-2-24-13(23)10-11(14(16,17)18)20-12(25(10)19)9(22)7-5-6(15)3-4-8(7)21/h3-5H,2,19H2,1H3/p+1. The highest BCUT2D eigenvalue weighted by molar-refractivity contribution is 9.10. The Balaban J connectivity index is 2.65. The quantitative estimate of drug-likeness (QED) is 0.429. The number of phenols is 1. The summed E-state index contributed by atoms with van der Waals surface area (Å²) in [5.74, 6) is -2.75. The van der Waals surface area contributed by atoms with E-state index in [1.807, 2.05) is 0 Å². The van der Waals surface area contributed by atoms with Crippen molar-refractivity contribution < 1.29 is 32.6 Å². The van der Waals surface area contributed by atoms with E-state index in [4.69, 9.17) is 5.14 Å². The normalized spacial score (nSPS) is 12.2. The van der Waals surface area contributed by atoms with Gasteiger partial charge in [0, 0.05) is 4.47 Å². The van der Waals surface area contributed by atoms with E-state index < -0.39 is 49.9 Å². The maximum absolute atomic E-state index is 13.2. The second kappa shape index (κ2) is 7.10. The van der Waals surface area contributed by atoms with Gasteiger partial charge in [-0.2, -0.15) is 18.2 Å². The van der Waals surface area contributed by atoms with Gasteiger partial charge in [0.05, 0.1) is 12.2 Å². The van der Waals surface area contributed by atoms with Crippen LogP contribution in [-0.2, 0) is 10.9 Å². The summed E-state index contributed by atoms with van der Waals surface area (Å²) in [6.07, 6.45) is -4.99. The maximum Gasteiger partial charge on any atom is 0.439 e. The zero-order chi connectivity index (χ0) is 18.9. The monoisotopic (exact) mass is 439 g/mol. The molecule has 0 amide bonds. The lowest BCUT2D eigenvalue weighted by atomic mass is 10.1. The number of carbonyl (C=O) groups excluding carboxylic acids is 2. The number of ketones is 1. The van der Waals surface area contributed by atoms with E-state index in [-0.39, 0.29) is 12.2 Å². The number of ether oxygens (including phenoxy) is 1. The molecule has 3 N–H and O–H groups in total. The Hall–Kier alpha value is -1.98. The fourth-order valence-corrected chi connectivity index (χ4v) is 3.60. The summed E-state index contributed by atoms with van der Waals surface area (Å²) >= 11 is 3.09. The highest BCUT2D eigenvalue weighted by atomic mass is 79.9. The lowest BCUT2D eigenvalue weighted by molar-refractivity contribution is -0.141. The number of benzene rings is 1. The molecule has 1 atom stereocenters. The number of rotatable bonds is 4. The molecule has 2 rings (SSSR count). The second-order valence-electron chi connectivity index (χ2n) is 4.64. The molecule has 0 aliphatic heterocycles. The number of halogens is 4. The van der Waals surface area contributed by atoms with Crippen LogP contribution in [0.25, 0.3) is 0 Å². The summed E-state index contributed by atoms with van der Waals surface area (Å²) in [5.41, 5.74) is -1.85. The van der Waals surface area contributed by atoms with Crippen molar-refractivity contribution in [2.45, 2.75) is 13.1 Å². The van der Waals surface area contributed by atoms with Gasteiger partial charge in [-0.15, -0.1) is 5.14 Å². The van der Waals surface area contributed by atoms with Gasteiger partial charge in [0.15, 0.2) is 0 Å². The van der Waals surface area contributed by atoms with Gasteiger partial charge in [-0.1, -0.05) is 15.9 Å². The first-order valence-corrected chi connectivity index (χ1v) is 8.75. The van der Waals surface area contributed by atoms with Gasteiger partial charge in [-0.05, 0) is 25.1 Å². The van der Waals surface area contributed by atoms with E-state index in [1.165, 1.54) is 25.1 Å². The first kappa shape index (κ1) is 19.3. The molecule has 0 fully saturated rings. The first-order valence-electron chi connectivity index (χ1n) is 6.67. The minimum Gasteiger partial charge on any atom is -0.507 e. The molecular formula is C14H11BrF3N2O4S+. The molecule has 0 saturated carbocycles. The number of nitrogens with zero attached hydrogens (tertiary/aromatic N) is 1. The van der Waals surface area contributed by atoms with Crippen LogP contribution in [0.4, 0.5) is 13.2 Å². The minimum atomic E-state index is -4.99. The predicted molar refractivity (Wildman–Crippen MR) is 87.1 cm³/mol. The molecule has 0 spiro atoms. The van der Waals surface area contributed by atoms with Crippen LogP contribution in [0.5, 0.6) is 5.75 Å². The lowest BCUT2D eigenvalue weighted by Gasteiger charge is -2.02. The average molecular weight is 440 g/mol. The van der Waals surface area contributed by atoms with Crippen LogP contribution >= 0.6 is 26.6 Å². The SMILES string of the molecule is CCOC(=O)c1c(C(F)(F)F)nc(C(=O)c2cc(Br)ccc2O)[s+]1N. The third kappa shape index (κ3) is 3.83. The van der Waals surface area contributed by atoms with E-state index >= 15 is 0 Å². The highest BCUT2D eigenvalue weighted by Gasteiger charge is 2.49. The average Bonchev–Trinajstić information content (AvgIpc) is 2.87. The van der Waals surface area contributed by atoms with Gasteiger partial charge in [0.2, 0.25) is 5.69 Å².